The molecule has 1 aromatic heterocycles. The number of carbonyl (C=O) groups is 1. The largest absolute Gasteiger partial charge is 0.351 e. The van der Waals surface area contributed by atoms with Gasteiger partial charge in [-0.1, -0.05) is 17.8 Å². The van der Waals surface area contributed by atoms with Gasteiger partial charge in [0.1, 0.15) is 6.54 Å². The molecular formula is C13H21N3O2S. The summed E-state index contributed by atoms with van der Waals surface area (Å²) in [6.07, 6.45) is 3.19. The van der Waals surface area contributed by atoms with Gasteiger partial charge < -0.3 is 11.1 Å². The molecule has 0 saturated heterocycles. The van der Waals surface area contributed by atoms with Crippen molar-refractivity contribution in [2.24, 2.45) is 11.7 Å². The van der Waals surface area contributed by atoms with E-state index < -0.39 is 0 Å². The van der Waals surface area contributed by atoms with Crippen molar-refractivity contribution in [2.75, 3.05) is 6.54 Å². The lowest BCUT2D eigenvalue weighted by molar-refractivity contribution is -0.122. The summed E-state index contributed by atoms with van der Waals surface area (Å²) < 4.78 is 1.54. The molecule has 3 N–H and O–H groups in total. The fraction of sp³-hybridized carbons (Fsp3) is 0.692. The second-order valence-electron chi connectivity index (χ2n) is 5.20. The maximum Gasteiger partial charge on any atom is 0.308 e. The Balaban J connectivity index is 2.00. The van der Waals surface area contributed by atoms with Crippen molar-refractivity contribution in [3.63, 3.8) is 0 Å². The van der Waals surface area contributed by atoms with Gasteiger partial charge in [-0.25, -0.2) is 0 Å². The monoisotopic (exact) mass is 283 g/mol. The molecule has 106 valence electrons. The first-order chi connectivity index (χ1) is 9.02. The van der Waals surface area contributed by atoms with E-state index in [1.54, 1.807) is 4.57 Å². The predicted molar refractivity (Wildman–Crippen MR) is 76.4 cm³/mol. The molecule has 1 amide bonds. The lowest BCUT2D eigenvalue weighted by Gasteiger charge is -2.19. The minimum absolute atomic E-state index is 0.0630. The summed E-state index contributed by atoms with van der Waals surface area (Å²) in [5.41, 5.74) is 6.58. The molecule has 2 atom stereocenters. The Hall–Kier alpha value is -1.14. The minimum Gasteiger partial charge on any atom is -0.351 e. The van der Waals surface area contributed by atoms with Crippen molar-refractivity contribution in [3.05, 3.63) is 20.2 Å². The summed E-state index contributed by atoms with van der Waals surface area (Å²) in [7, 11) is 0. The average molecular weight is 283 g/mol. The summed E-state index contributed by atoms with van der Waals surface area (Å²) in [6, 6.07) is 0.174. The molecule has 1 aromatic rings. The number of carbonyl (C=O) groups excluding carboxylic acids is 1. The van der Waals surface area contributed by atoms with Crippen LogP contribution in [0.5, 0.6) is 0 Å². The molecule has 1 aliphatic rings. The quantitative estimate of drug-likeness (QED) is 0.857. The van der Waals surface area contributed by atoms with Crippen LogP contribution in [0.1, 0.15) is 29.8 Å². The zero-order chi connectivity index (χ0) is 14.0. The number of hydrogen-bond acceptors (Lipinski definition) is 4. The number of nitrogens with zero attached hydrogens (tertiary/aromatic N) is 1. The smallest absolute Gasteiger partial charge is 0.308 e. The number of rotatable bonds is 4. The van der Waals surface area contributed by atoms with Crippen LogP contribution in [0.2, 0.25) is 0 Å². The first-order valence-electron chi connectivity index (χ1n) is 6.69. The summed E-state index contributed by atoms with van der Waals surface area (Å²) in [5, 5.41) is 3.02. The highest BCUT2D eigenvalue weighted by molar-refractivity contribution is 7.09. The van der Waals surface area contributed by atoms with E-state index >= 15 is 0 Å². The maximum atomic E-state index is 12.0. The van der Waals surface area contributed by atoms with Gasteiger partial charge in [0.2, 0.25) is 5.91 Å². The van der Waals surface area contributed by atoms with Gasteiger partial charge in [0.15, 0.2) is 0 Å². The van der Waals surface area contributed by atoms with Gasteiger partial charge in [-0.3, -0.25) is 14.2 Å². The Bertz CT molecular complexity index is 520. The summed E-state index contributed by atoms with van der Waals surface area (Å²) in [5.74, 6) is 0.291. The Kier molecular flexibility index (Phi) is 4.42. The van der Waals surface area contributed by atoms with Crippen LogP contribution in [0, 0.1) is 19.8 Å². The number of amides is 1. The zero-order valence-corrected chi connectivity index (χ0v) is 12.3. The highest BCUT2D eigenvalue weighted by Gasteiger charge is 2.27. The number of nitrogens with two attached hydrogens (primary N) is 1. The molecule has 2 rings (SSSR count). The molecule has 1 saturated carbocycles. The van der Waals surface area contributed by atoms with Crippen molar-refractivity contribution >= 4 is 17.2 Å². The van der Waals surface area contributed by atoms with Gasteiger partial charge in [-0.05, 0) is 39.2 Å². The molecule has 0 bridgehead atoms. The Labute approximate surface area is 116 Å². The van der Waals surface area contributed by atoms with E-state index in [2.05, 4.69) is 5.32 Å². The highest BCUT2D eigenvalue weighted by Crippen LogP contribution is 2.24. The van der Waals surface area contributed by atoms with Gasteiger partial charge in [0, 0.05) is 16.6 Å². The molecule has 1 fully saturated rings. The van der Waals surface area contributed by atoms with Crippen LogP contribution in [0.3, 0.4) is 0 Å². The molecule has 0 radical (unpaired) electrons. The van der Waals surface area contributed by atoms with Crippen LogP contribution in [-0.2, 0) is 11.3 Å². The topological polar surface area (TPSA) is 77.1 Å². The molecule has 1 heterocycles. The first-order valence-corrected chi connectivity index (χ1v) is 7.50. The third-order valence-corrected chi connectivity index (χ3v) is 4.98. The van der Waals surface area contributed by atoms with E-state index in [-0.39, 0.29) is 23.4 Å². The van der Waals surface area contributed by atoms with Crippen molar-refractivity contribution < 1.29 is 4.79 Å². The molecule has 5 nitrogen and oxygen atoms in total. The van der Waals surface area contributed by atoms with Crippen molar-refractivity contribution in [3.8, 4) is 0 Å². The van der Waals surface area contributed by atoms with Gasteiger partial charge in [-0.15, -0.1) is 0 Å². The van der Waals surface area contributed by atoms with Crippen molar-refractivity contribution in [2.45, 2.75) is 45.7 Å². The molecule has 0 aromatic carbocycles. The van der Waals surface area contributed by atoms with Crippen LogP contribution in [0.15, 0.2) is 4.79 Å². The van der Waals surface area contributed by atoms with Crippen LogP contribution >= 0.6 is 11.3 Å². The lowest BCUT2D eigenvalue weighted by Crippen LogP contribution is -2.42. The summed E-state index contributed by atoms with van der Waals surface area (Å²) >= 11 is 1.19. The van der Waals surface area contributed by atoms with Crippen molar-refractivity contribution in [1.82, 2.24) is 9.88 Å². The molecular weight excluding hydrogens is 262 g/mol. The fourth-order valence-electron chi connectivity index (χ4n) is 2.68. The van der Waals surface area contributed by atoms with E-state index in [9.17, 15) is 9.59 Å². The third kappa shape index (κ3) is 3.06. The summed E-state index contributed by atoms with van der Waals surface area (Å²) in [6.45, 7) is 4.50. The van der Waals surface area contributed by atoms with Gasteiger partial charge in [0.05, 0.1) is 0 Å². The average Bonchev–Trinajstić information content (AvgIpc) is 2.89. The van der Waals surface area contributed by atoms with Crippen LogP contribution in [-0.4, -0.2) is 23.1 Å². The van der Waals surface area contributed by atoms with Gasteiger partial charge >= 0.3 is 4.87 Å². The van der Waals surface area contributed by atoms with Gasteiger partial charge in [-0.2, -0.15) is 0 Å². The number of aryl methyl sites for hydroxylation is 1. The molecule has 2 unspecified atom stereocenters. The standard InChI is InChI=1S/C13H21N3O2S/c1-8-9(2)19-13(18)16(8)7-12(17)15-11-5-3-4-10(11)6-14/h10-11H,3-7,14H2,1-2H3,(H,15,17). The fourth-order valence-corrected chi connectivity index (χ4v) is 3.51. The Morgan fingerprint density at radius 2 is 2.21 bits per heavy atom. The lowest BCUT2D eigenvalue weighted by atomic mass is 10.0. The van der Waals surface area contributed by atoms with E-state index in [0.29, 0.717) is 12.5 Å². The summed E-state index contributed by atoms with van der Waals surface area (Å²) in [4.78, 5) is 24.7. The zero-order valence-electron chi connectivity index (χ0n) is 11.4. The molecule has 1 aliphatic carbocycles. The normalized spacial score (nSPS) is 22.7. The highest BCUT2D eigenvalue weighted by atomic mass is 32.1. The number of hydrogen-bond donors (Lipinski definition) is 2. The second kappa shape index (κ2) is 5.88. The van der Waals surface area contributed by atoms with Crippen LogP contribution in [0.25, 0.3) is 0 Å². The second-order valence-corrected chi connectivity index (χ2v) is 6.36. The molecule has 6 heteroatoms. The molecule has 19 heavy (non-hydrogen) atoms. The third-order valence-electron chi connectivity index (χ3n) is 3.99. The number of thiazole rings is 1. The van der Waals surface area contributed by atoms with E-state index in [0.717, 1.165) is 29.8 Å². The van der Waals surface area contributed by atoms with E-state index in [1.807, 2.05) is 13.8 Å². The van der Waals surface area contributed by atoms with E-state index in [4.69, 9.17) is 5.73 Å². The van der Waals surface area contributed by atoms with Crippen molar-refractivity contribution in [1.29, 1.82) is 0 Å². The Morgan fingerprint density at radius 3 is 2.79 bits per heavy atom. The SMILES string of the molecule is Cc1sc(=O)n(CC(=O)NC2CCCC2CN)c1C. The molecule has 0 spiro atoms. The van der Waals surface area contributed by atoms with Gasteiger partial charge in [0.25, 0.3) is 0 Å². The predicted octanol–water partition coefficient (Wildman–Crippen LogP) is 0.770. The molecule has 0 aliphatic heterocycles. The minimum atomic E-state index is -0.0895. The Morgan fingerprint density at radius 1 is 1.47 bits per heavy atom. The maximum absolute atomic E-state index is 12.0. The van der Waals surface area contributed by atoms with E-state index in [1.165, 1.54) is 11.3 Å². The van der Waals surface area contributed by atoms with Crippen LogP contribution < -0.4 is 15.9 Å². The first kappa shape index (κ1) is 14.3. The van der Waals surface area contributed by atoms with Crippen LogP contribution in [0.4, 0.5) is 0 Å². The number of aromatic nitrogens is 1. The number of nitrogens with one attached hydrogen (secondary N) is 1.